The third-order valence-corrected chi connectivity index (χ3v) is 1.12. The highest BCUT2D eigenvalue weighted by Gasteiger charge is 2.03. The van der Waals surface area contributed by atoms with E-state index >= 15 is 0 Å². The lowest BCUT2D eigenvalue weighted by atomic mass is 10.4. The molecular formula is C8H17NO2. The molecule has 0 aromatic rings. The van der Waals surface area contributed by atoms with Crippen LogP contribution in [0.4, 0.5) is 0 Å². The predicted octanol–water partition coefficient (Wildman–Crippen LogP) is 0.938. The van der Waals surface area contributed by atoms with Gasteiger partial charge in [-0.2, -0.15) is 0 Å². The molecule has 11 heavy (non-hydrogen) atoms. The zero-order chi connectivity index (χ0) is 8.69. The fourth-order valence-electron chi connectivity index (χ4n) is 0.689. The highest BCUT2D eigenvalue weighted by molar-refractivity contribution is 5.69. The average molecular weight is 159 g/mol. The molecule has 0 unspecified atom stereocenters. The van der Waals surface area contributed by atoms with Crippen LogP contribution >= 0.6 is 0 Å². The van der Waals surface area contributed by atoms with Gasteiger partial charge in [-0.15, -0.1) is 0 Å². The van der Waals surface area contributed by atoms with Crippen molar-refractivity contribution in [3.05, 3.63) is 0 Å². The summed E-state index contributed by atoms with van der Waals surface area (Å²) in [6, 6.07) is 0. The normalized spacial score (nSPS) is 10.2. The molecule has 0 saturated carbocycles. The Bertz CT molecular complexity index is 113. The van der Waals surface area contributed by atoms with E-state index in [-0.39, 0.29) is 12.1 Å². The molecule has 3 nitrogen and oxygen atoms in total. The van der Waals surface area contributed by atoms with Crippen LogP contribution in [0.5, 0.6) is 0 Å². The van der Waals surface area contributed by atoms with Crippen LogP contribution in [-0.4, -0.2) is 25.2 Å². The molecule has 0 fully saturated rings. The Kier molecular flexibility index (Phi) is 5.84. The lowest BCUT2D eigenvalue weighted by Gasteiger charge is -2.07. The summed E-state index contributed by atoms with van der Waals surface area (Å²) in [7, 11) is 0. The van der Waals surface area contributed by atoms with Gasteiger partial charge in [0.25, 0.3) is 0 Å². The average Bonchev–Trinajstić information content (AvgIpc) is 1.86. The summed E-state index contributed by atoms with van der Waals surface area (Å²) < 4.78 is 4.92. The van der Waals surface area contributed by atoms with Gasteiger partial charge in [0.15, 0.2) is 0 Å². The first kappa shape index (κ1) is 10.4. The second-order valence-corrected chi connectivity index (χ2v) is 2.64. The first-order valence-electron chi connectivity index (χ1n) is 4.07. The minimum Gasteiger partial charge on any atom is -0.463 e. The van der Waals surface area contributed by atoms with Crippen molar-refractivity contribution in [1.29, 1.82) is 0 Å². The van der Waals surface area contributed by atoms with Gasteiger partial charge in [0.2, 0.25) is 0 Å². The van der Waals surface area contributed by atoms with Crippen molar-refractivity contribution in [3.8, 4) is 0 Å². The Morgan fingerprint density at radius 2 is 2.18 bits per heavy atom. The molecule has 0 spiro atoms. The van der Waals surface area contributed by atoms with Gasteiger partial charge in [-0.05, 0) is 20.4 Å². The SMILES string of the molecule is CCNCCC(=O)OC(C)C. The molecular weight excluding hydrogens is 142 g/mol. The third-order valence-electron chi connectivity index (χ3n) is 1.12. The molecule has 0 aromatic carbocycles. The van der Waals surface area contributed by atoms with Crippen molar-refractivity contribution >= 4 is 5.97 Å². The maximum absolute atomic E-state index is 10.9. The van der Waals surface area contributed by atoms with E-state index in [4.69, 9.17) is 4.74 Å². The molecule has 0 amide bonds. The lowest BCUT2D eigenvalue weighted by Crippen LogP contribution is -2.20. The van der Waals surface area contributed by atoms with E-state index < -0.39 is 0 Å². The number of hydrogen-bond acceptors (Lipinski definition) is 3. The molecule has 0 saturated heterocycles. The van der Waals surface area contributed by atoms with E-state index in [0.29, 0.717) is 13.0 Å². The summed E-state index contributed by atoms with van der Waals surface area (Å²) in [5.74, 6) is -0.124. The molecule has 1 N–H and O–H groups in total. The molecule has 66 valence electrons. The van der Waals surface area contributed by atoms with Gasteiger partial charge in [0.05, 0.1) is 12.5 Å². The van der Waals surface area contributed by atoms with Crippen molar-refractivity contribution in [3.63, 3.8) is 0 Å². The summed E-state index contributed by atoms with van der Waals surface area (Å²) in [5, 5.41) is 3.05. The van der Waals surface area contributed by atoms with Crippen molar-refractivity contribution in [2.75, 3.05) is 13.1 Å². The molecule has 0 rings (SSSR count). The van der Waals surface area contributed by atoms with Crippen molar-refractivity contribution in [2.24, 2.45) is 0 Å². The Morgan fingerprint density at radius 1 is 1.55 bits per heavy atom. The maximum atomic E-state index is 10.9. The van der Waals surface area contributed by atoms with Gasteiger partial charge in [-0.1, -0.05) is 6.92 Å². The second kappa shape index (κ2) is 6.16. The van der Waals surface area contributed by atoms with Gasteiger partial charge < -0.3 is 10.1 Å². The van der Waals surface area contributed by atoms with Crippen LogP contribution in [0.2, 0.25) is 0 Å². The summed E-state index contributed by atoms with van der Waals surface area (Å²) in [5.41, 5.74) is 0. The number of hydrogen-bond donors (Lipinski definition) is 1. The zero-order valence-electron chi connectivity index (χ0n) is 7.52. The van der Waals surface area contributed by atoms with Crippen LogP contribution in [0.1, 0.15) is 27.2 Å². The van der Waals surface area contributed by atoms with E-state index in [0.717, 1.165) is 6.54 Å². The van der Waals surface area contributed by atoms with E-state index in [9.17, 15) is 4.79 Å². The number of carbonyl (C=O) groups excluding carboxylic acids is 1. The number of nitrogens with one attached hydrogen (secondary N) is 1. The minimum absolute atomic E-state index is 0.00382. The van der Waals surface area contributed by atoms with Crippen LogP contribution in [0, 0.1) is 0 Å². The Labute approximate surface area is 68.1 Å². The standard InChI is InChI=1S/C8H17NO2/c1-4-9-6-5-8(10)11-7(2)3/h7,9H,4-6H2,1-3H3. The summed E-state index contributed by atoms with van der Waals surface area (Å²) in [6.45, 7) is 7.32. The second-order valence-electron chi connectivity index (χ2n) is 2.64. The van der Waals surface area contributed by atoms with Crippen LogP contribution < -0.4 is 5.32 Å². The molecule has 0 bridgehead atoms. The topological polar surface area (TPSA) is 38.3 Å². The van der Waals surface area contributed by atoms with Gasteiger partial charge >= 0.3 is 5.97 Å². The first-order chi connectivity index (χ1) is 5.16. The van der Waals surface area contributed by atoms with Gasteiger partial charge in [0, 0.05) is 6.54 Å². The van der Waals surface area contributed by atoms with Gasteiger partial charge in [-0.25, -0.2) is 0 Å². The summed E-state index contributed by atoms with van der Waals surface area (Å²) in [6.07, 6.45) is 0.468. The summed E-state index contributed by atoms with van der Waals surface area (Å²) in [4.78, 5) is 10.9. The van der Waals surface area contributed by atoms with Crippen molar-refractivity contribution in [2.45, 2.75) is 33.3 Å². The predicted molar refractivity (Wildman–Crippen MR) is 44.4 cm³/mol. The Hall–Kier alpha value is -0.570. The van der Waals surface area contributed by atoms with E-state index in [1.165, 1.54) is 0 Å². The fraction of sp³-hybridized carbons (Fsp3) is 0.875. The number of esters is 1. The monoisotopic (exact) mass is 159 g/mol. The fourth-order valence-corrected chi connectivity index (χ4v) is 0.689. The minimum atomic E-state index is -0.124. The van der Waals surface area contributed by atoms with Crippen LogP contribution in [0.25, 0.3) is 0 Å². The molecule has 0 heterocycles. The Morgan fingerprint density at radius 3 is 2.64 bits per heavy atom. The van der Waals surface area contributed by atoms with Crippen molar-refractivity contribution < 1.29 is 9.53 Å². The Balaban J connectivity index is 3.23. The van der Waals surface area contributed by atoms with Gasteiger partial charge in [-0.3, -0.25) is 4.79 Å². The molecule has 3 heteroatoms. The first-order valence-corrected chi connectivity index (χ1v) is 4.07. The van der Waals surface area contributed by atoms with E-state index in [2.05, 4.69) is 5.32 Å². The van der Waals surface area contributed by atoms with E-state index in [1.54, 1.807) is 0 Å². The quantitative estimate of drug-likeness (QED) is 0.479. The lowest BCUT2D eigenvalue weighted by molar-refractivity contribution is -0.147. The molecule has 0 aliphatic carbocycles. The maximum Gasteiger partial charge on any atom is 0.307 e. The molecule has 0 atom stereocenters. The number of ether oxygens (including phenoxy) is 1. The molecule has 0 radical (unpaired) electrons. The molecule has 0 aromatic heterocycles. The van der Waals surface area contributed by atoms with Gasteiger partial charge in [0.1, 0.15) is 0 Å². The molecule has 0 aliphatic rings. The van der Waals surface area contributed by atoms with Crippen LogP contribution in [-0.2, 0) is 9.53 Å². The van der Waals surface area contributed by atoms with Crippen molar-refractivity contribution in [1.82, 2.24) is 5.32 Å². The molecule has 0 aliphatic heterocycles. The largest absolute Gasteiger partial charge is 0.463 e. The van der Waals surface area contributed by atoms with Crippen LogP contribution in [0.15, 0.2) is 0 Å². The highest BCUT2D eigenvalue weighted by Crippen LogP contribution is 1.91. The third kappa shape index (κ3) is 7.33. The van der Waals surface area contributed by atoms with E-state index in [1.807, 2.05) is 20.8 Å². The number of carbonyl (C=O) groups is 1. The summed E-state index contributed by atoms with van der Waals surface area (Å²) >= 11 is 0. The number of rotatable bonds is 5. The smallest absolute Gasteiger partial charge is 0.307 e. The highest BCUT2D eigenvalue weighted by atomic mass is 16.5. The zero-order valence-corrected chi connectivity index (χ0v) is 7.52. The van der Waals surface area contributed by atoms with Crippen LogP contribution in [0.3, 0.4) is 0 Å².